The molecule has 2 heterocycles. The lowest BCUT2D eigenvalue weighted by Gasteiger charge is -2.25. The Bertz CT molecular complexity index is 1220. The third kappa shape index (κ3) is 5.91. The summed E-state index contributed by atoms with van der Waals surface area (Å²) in [7, 11) is 1.59. The molecule has 7 heteroatoms. The maximum Gasteiger partial charge on any atom is 0.309 e. The third-order valence-corrected chi connectivity index (χ3v) is 6.07. The van der Waals surface area contributed by atoms with E-state index in [0.717, 1.165) is 27.8 Å². The van der Waals surface area contributed by atoms with Crippen LogP contribution in [0.3, 0.4) is 0 Å². The lowest BCUT2D eigenvalue weighted by Crippen LogP contribution is -2.31. The lowest BCUT2D eigenvalue weighted by molar-refractivity contribution is -0.156. The first-order valence-electron chi connectivity index (χ1n) is 11.9. The summed E-state index contributed by atoms with van der Waals surface area (Å²) in [6.45, 7) is 4.40. The largest absolute Gasteiger partial charge is 0.493 e. The number of methoxy groups -OCH3 is 1. The SMILES string of the molecule is COc1cc(C(C)C)c(C=C[C@H]2C[C@H](O)CC(=O)O2)c(-c2ccc(F)cc2)c1OCc1cccnc1. The number of hydrogen-bond acceptors (Lipinski definition) is 6. The van der Waals surface area contributed by atoms with Gasteiger partial charge in [0.1, 0.15) is 18.5 Å². The molecule has 36 heavy (non-hydrogen) atoms. The predicted octanol–water partition coefficient (Wildman–Crippen LogP) is 5.68. The van der Waals surface area contributed by atoms with Crippen LogP contribution in [-0.4, -0.2) is 35.4 Å². The van der Waals surface area contributed by atoms with Crippen molar-refractivity contribution in [3.63, 3.8) is 0 Å². The quantitative estimate of drug-likeness (QED) is 0.409. The molecule has 0 amide bonds. The molecule has 6 nitrogen and oxygen atoms in total. The number of aliphatic hydroxyl groups excluding tert-OH is 1. The molecule has 1 fully saturated rings. The van der Waals surface area contributed by atoms with Crippen molar-refractivity contribution in [3.8, 4) is 22.6 Å². The number of cyclic esters (lactones) is 1. The van der Waals surface area contributed by atoms with Crippen LogP contribution in [0.5, 0.6) is 11.5 Å². The molecule has 1 N–H and O–H groups in total. The summed E-state index contributed by atoms with van der Waals surface area (Å²) in [5.41, 5.74) is 4.20. The van der Waals surface area contributed by atoms with E-state index in [1.54, 1.807) is 37.7 Å². The first-order valence-corrected chi connectivity index (χ1v) is 11.9. The van der Waals surface area contributed by atoms with E-state index in [9.17, 15) is 14.3 Å². The smallest absolute Gasteiger partial charge is 0.309 e. The van der Waals surface area contributed by atoms with Gasteiger partial charge in [0.15, 0.2) is 11.5 Å². The highest BCUT2D eigenvalue weighted by atomic mass is 19.1. The molecule has 0 bridgehead atoms. The highest BCUT2D eigenvalue weighted by molar-refractivity contribution is 5.85. The predicted molar refractivity (Wildman–Crippen MR) is 135 cm³/mol. The van der Waals surface area contributed by atoms with E-state index in [-0.39, 0.29) is 24.8 Å². The average Bonchev–Trinajstić information content (AvgIpc) is 2.86. The van der Waals surface area contributed by atoms with Gasteiger partial charge in [0.25, 0.3) is 0 Å². The number of carbonyl (C=O) groups excluding carboxylic acids is 1. The van der Waals surface area contributed by atoms with Gasteiger partial charge in [-0.1, -0.05) is 38.1 Å². The topological polar surface area (TPSA) is 77.9 Å². The Hall–Kier alpha value is -3.71. The molecule has 2 atom stereocenters. The fraction of sp³-hybridized carbons (Fsp3) is 0.310. The summed E-state index contributed by atoms with van der Waals surface area (Å²) >= 11 is 0. The molecule has 0 saturated carbocycles. The summed E-state index contributed by atoms with van der Waals surface area (Å²) in [4.78, 5) is 16.0. The molecule has 0 unspecified atom stereocenters. The number of esters is 1. The maximum absolute atomic E-state index is 13.8. The summed E-state index contributed by atoms with van der Waals surface area (Å²) < 4.78 is 31.3. The van der Waals surface area contributed by atoms with E-state index in [2.05, 4.69) is 18.8 Å². The van der Waals surface area contributed by atoms with E-state index in [0.29, 0.717) is 17.9 Å². The second kappa shape index (κ2) is 11.4. The van der Waals surface area contributed by atoms with Gasteiger partial charge in [0, 0.05) is 29.9 Å². The number of nitrogens with zero attached hydrogens (tertiary/aromatic N) is 1. The van der Waals surface area contributed by atoms with Gasteiger partial charge in [-0.05, 0) is 52.9 Å². The fourth-order valence-electron chi connectivity index (χ4n) is 4.30. The number of pyridine rings is 1. The molecule has 1 saturated heterocycles. The normalized spacial score (nSPS) is 17.9. The van der Waals surface area contributed by atoms with Crippen molar-refractivity contribution in [2.45, 2.75) is 51.4 Å². The van der Waals surface area contributed by atoms with Crippen molar-refractivity contribution in [2.75, 3.05) is 7.11 Å². The molecule has 0 spiro atoms. The van der Waals surface area contributed by atoms with E-state index >= 15 is 0 Å². The Morgan fingerprint density at radius 2 is 2.03 bits per heavy atom. The van der Waals surface area contributed by atoms with Gasteiger partial charge in [-0.15, -0.1) is 0 Å². The zero-order chi connectivity index (χ0) is 25.7. The second-order valence-corrected chi connectivity index (χ2v) is 9.08. The van der Waals surface area contributed by atoms with Crippen molar-refractivity contribution in [2.24, 2.45) is 0 Å². The number of halogens is 1. The lowest BCUT2D eigenvalue weighted by atomic mass is 9.88. The molecule has 1 aliphatic heterocycles. The highest BCUT2D eigenvalue weighted by Gasteiger charge is 2.26. The van der Waals surface area contributed by atoms with E-state index in [4.69, 9.17) is 14.2 Å². The maximum atomic E-state index is 13.8. The fourth-order valence-corrected chi connectivity index (χ4v) is 4.30. The van der Waals surface area contributed by atoms with Crippen molar-refractivity contribution >= 4 is 12.0 Å². The summed E-state index contributed by atoms with van der Waals surface area (Å²) in [5, 5.41) is 10.0. The van der Waals surface area contributed by atoms with Crippen LogP contribution < -0.4 is 9.47 Å². The Labute approximate surface area is 210 Å². The molecule has 1 aliphatic rings. The molecule has 0 aliphatic carbocycles. The number of aliphatic hydroxyl groups is 1. The van der Waals surface area contributed by atoms with Crippen molar-refractivity contribution in [1.82, 2.24) is 4.98 Å². The zero-order valence-corrected chi connectivity index (χ0v) is 20.6. The molecule has 188 valence electrons. The van der Waals surface area contributed by atoms with Gasteiger partial charge in [0.05, 0.1) is 19.6 Å². The van der Waals surface area contributed by atoms with Crippen LogP contribution in [0.1, 0.15) is 49.3 Å². The number of hydrogen-bond donors (Lipinski definition) is 1. The molecule has 1 aromatic heterocycles. The van der Waals surface area contributed by atoms with Gasteiger partial charge in [-0.3, -0.25) is 9.78 Å². The summed E-state index contributed by atoms with van der Waals surface area (Å²) in [5.74, 6) is 0.408. The van der Waals surface area contributed by atoms with Gasteiger partial charge in [-0.2, -0.15) is 0 Å². The Morgan fingerprint density at radius 1 is 1.25 bits per heavy atom. The number of ether oxygens (including phenoxy) is 3. The van der Waals surface area contributed by atoms with Crippen molar-refractivity contribution in [1.29, 1.82) is 0 Å². The van der Waals surface area contributed by atoms with Crippen molar-refractivity contribution in [3.05, 3.63) is 83.4 Å². The number of carbonyl (C=O) groups is 1. The average molecular weight is 492 g/mol. The minimum Gasteiger partial charge on any atom is -0.493 e. The van der Waals surface area contributed by atoms with Crippen LogP contribution in [-0.2, 0) is 16.1 Å². The van der Waals surface area contributed by atoms with Crippen LogP contribution in [0.4, 0.5) is 4.39 Å². The first kappa shape index (κ1) is 25.4. The molecular weight excluding hydrogens is 461 g/mol. The first-order chi connectivity index (χ1) is 17.4. The number of aromatic nitrogens is 1. The van der Waals surface area contributed by atoms with Crippen LogP contribution >= 0.6 is 0 Å². The second-order valence-electron chi connectivity index (χ2n) is 9.08. The van der Waals surface area contributed by atoms with Gasteiger partial charge < -0.3 is 19.3 Å². The van der Waals surface area contributed by atoms with E-state index < -0.39 is 18.2 Å². The van der Waals surface area contributed by atoms with Crippen molar-refractivity contribution < 1.29 is 28.5 Å². The number of benzene rings is 2. The highest BCUT2D eigenvalue weighted by Crippen LogP contribution is 2.45. The molecule has 2 aromatic carbocycles. The summed E-state index contributed by atoms with van der Waals surface area (Å²) in [6, 6.07) is 11.9. The van der Waals surface area contributed by atoms with E-state index in [1.807, 2.05) is 24.3 Å². The molecule has 0 radical (unpaired) electrons. The van der Waals surface area contributed by atoms with Crippen LogP contribution in [0.25, 0.3) is 17.2 Å². The van der Waals surface area contributed by atoms with Gasteiger partial charge in [0.2, 0.25) is 0 Å². The molecule has 3 aromatic rings. The minimum atomic E-state index is -0.740. The Kier molecular flexibility index (Phi) is 8.00. The third-order valence-electron chi connectivity index (χ3n) is 6.07. The minimum absolute atomic E-state index is 0.00270. The van der Waals surface area contributed by atoms with Gasteiger partial charge >= 0.3 is 5.97 Å². The standard InChI is InChI=1S/C29H30FNO5/c1-18(2)25-15-26(34-3)29(35-17-19-5-4-12-31-16-19)28(20-6-8-21(30)9-7-20)24(25)11-10-23-13-22(32)14-27(33)36-23/h4-12,15-16,18,22-23,32H,13-14,17H2,1-3H3/t22-,23-/m0/s1. The van der Waals surface area contributed by atoms with E-state index in [1.165, 1.54) is 12.1 Å². The van der Waals surface area contributed by atoms with Crippen LogP contribution in [0.15, 0.2) is 60.9 Å². The Morgan fingerprint density at radius 3 is 2.67 bits per heavy atom. The summed E-state index contributed by atoms with van der Waals surface area (Å²) in [6.07, 6.45) is 6.13. The monoisotopic (exact) mass is 491 g/mol. The molecule has 4 rings (SSSR count). The van der Waals surface area contributed by atoms with Crippen LogP contribution in [0.2, 0.25) is 0 Å². The Balaban J connectivity index is 1.86. The zero-order valence-electron chi connectivity index (χ0n) is 20.6. The van der Waals surface area contributed by atoms with Crippen LogP contribution in [0, 0.1) is 5.82 Å². The molecular formula is C29H30FNO5. The number of rotatable bonds is 8. The van der Waals surface area contributed by atoms with Gasteiger partial charge in [-0.25, -0.2) is 4.39 Å².